The number of hydrogen-bond donors (Lipinski definition) is 0. The van der Waals surface area contributed by atoms with Crippen LogP contribution in [0.15, 0.2) is 72.8 Å². The Kier molecular flexibility index (Phi) is 11.5. The second-order valence-corrected chi connectivity index (χ2v) is 22.8. The predicted octanol–water partition coefficient (Wildman–Crippen LogP) is 6.34. The first-order valence-corrected chi connectivity index (χ1v) is 26.9. The smallest absolute Gasteiger partial charge is 0.126 e. The standard InChI is InChI=1S/C58H64O16/c1-5-43(67-21-35-13-59-35)51(44(6-1)68-22-36-14-60-36)55-29-56(52-45(69-23-37-15-61-37)7-2-8-46(52)70-24-38-16-62-38)32-57(30-55,53-47(71-25-39-17-63-39)9-3-10-48(53)72-26-40-18-64-40)34-58(31-55,33-56)54-49(73-27-41-19-65-41)11-4-12-50(54)74-28-42-20-66-42/h1-12,35-42H,13-34H2. The van der Waals surface area contributed by atoms with E-state index in [4.69, 9.17) is 75.8 Å². The minimum Gasteiger partial charge on any atom is -0.490 e. The van der Waals surface area contributed by atoms with Gasteiger partial charge in [-0.05, 0) is 87.1 Å². The molecule has 4 saturated carbocycles. The largest absolute Gasteiger partial charge is 0.490 e. The molecule has 392 valence electrons. The van der Waals surface area contributed by atoms with Crippen molar-refractivity contribution in [3.05, 3.63) is 95.1 Å². The lowest BCUT2D eigenvalue weighted by Gasteiger charge is -2.71. The van der Waals surface area contributed by atoms with E-state index in [-0.39, 0.29) is 48.8 Å². The van der Waals surface area contributed by atoms with Crippen molar-refractivity contribution in [1.29, 1.82) is 0 Å². The van der Waals surface area contributed by atoms with Gasteiger partial charge in [0.05, 0.1) is 52.9 Å². The van der Waals surface area contributed by atoms with Crippen LogP contribution in [0.4, 0.5) is 0 Å². The van der Waals surface area contributed by atoms with E-state index < -0.39 is 21.7 Å². The monoisotopic (exact) mass is 1020 g/mol. The molecule has 4 aromatic carbocycles. The molecule has 12 fully saturated rings. The number of rotatable bonds is 28. The molecule has 16 rings (SSSR count). The maximum absolute atomic E-state index is 7.04. The molecule has 74 heavy (non-hydrogen) atoms. The number of benzene rings is 4. The molecule has 4 bridgehead atoms. The lowest BCUT2D eigenvalue weighted by atomic mass is 9.31. The third-order valence-corrected chi connectivity index (χ3v) is 16.8. The first-order chi connectivity index (χ1) is 36.4. The molecule has 8 atom stereocenters. The summed E-state index contributed by atoms with van der Waals surface area (Å²) in [6.45, 7) is 8.67. The summed E-state index contributed by atoms with van der Waals surface area (Å²) in [5.74, 6) is 6.26. The first-order valence-electron chi connectivity index (χ1n) is 26.9. The molecule has 12 aliphatic rings. The maximum atomic E-state index is 7.04. The van der Waals surface area contributed by atoms with E-state index in [1.54, 1.807) is 0 Å². The molecule has 0 spiro atoms. The molecule has 8 saturated heterocycles. The highest BCUT2D eigenvalue weighted by Gasteiger charge is 2.73. The van der Waals surface area contributed by atoms with Crippen molar-refractivity contribution in [2.24, 2.45) is 0 Å². The highest BCUT2D eigenvalue weighted by molar-refractivity contribution is 5.65. The normalized spacial score (nSPS) is 35.6. The van der Waals surface area contributed by atoms with Crippen LogP contribution in [0.5, 0.6) is 46.0 Å². The molecule has 0 aromatic heterocycles. The maximum Gasteiger partial charge on any atom is 0.126 e. The lowest BCUT2D eigenvalue weighted by Crippen LogP contribution is -2.67. The van der Waals surface area contributed by atoms with Gasteiger partial charge < -0.3 is 75.8 Å². The molecule has 4 aliphatic carbocycles. The molecular weight excluding hydrogens is 953 g/mol. The van der Waals surface area contributed by atoms with Crippen LogP contribution in [-0.2, 0) is 59.6 Å². The summed E-state index contributed by atoms with van der Waals surface area (Å²) >= 11 is 0. The van der Waals surface area contributed by atoms with E-state index in [1.807, 2.05) is 0 Å². The molecule has 16 nitrogen and oxygen atoms in total. The topological polar surface area (TPSA) is 174 Å². The molecule has 8 aliphatic heterocycles. The minimum atomic E-state index is -0.660. The Hall–Kier alpha value is -5.04. The molecule has 0 N–H and O–H groups in total. The van der Waals surface area contributed by atoms with Gasteiger partial charge in [-0.1, -0.05) is 24.3 Å². The van der Waals surface area contributed by atoms with Gasteiger partial charge in [0, 0.05) is 43.9 Å². The quantitative estimate of drug-likeness (QED) is 0.0576. The third-order valence-electron chi connectivity index (χ3n) is 16.8. The van der Waals surface area contributed by atoms with Crippen LogP contribution in [0.2, 0.25) is 0 Å². The van der Waals surface area contributed by atoms with Crippen LogP contribution in [0.3, 0.4) is 0 Å². The van der Waals surface area contributed by atoms with Crippen molar-refractivity contribution in [1.82, 2.24) is 0 Å². The Labute approximate surface area is 430 Å². The van der Waals surface area contributed by atoms with Crippen LogP contribution < -0.4 is 37.9 Å². The van der Waals surface area contributed by atoms with Crippen molar-refractivity contribution in [2.75, 3.05) is 106 Å². The van der Waals surface area contributed by atoms with Gasteiger partial charge in [0.25, 0.3) is 0 Å². The summed E-state index contributed by atoms with van der Waals surface area (Å²) in [4.78, 5) is 0. The van der Waals surface area contributed by atoms with E-state index in [1.165, 1.54) is 0 Å². The van der Waals surface area contributed by atoms with Crippen LogP contribution in [0.25, 0.3) is 0 Å². The SMILES string of the molecule is c1cc(OCC2CO2)c(C23CC4(c5c(OCC6CO6)cccc5OCC5CO5)CC(c5c(OCC6CO6)cccc5OCC5CO5)(C2)CC(c2c(OCC5CO5)cccc2OCC2CO2)(C3)C4)c(OCC2CO2)c1. The molecule has 8 unspecified atom stereocenters. The zero-order valence-electron chi connectivity index (χ0n) is 41.6. The van der Waals surface area contributed by atoms with E-state index in [0.29, 0.717) is 144 Å². The number of hydrogen-bond acceptors (Lipinski definition) is 16. The van der Waals surface area contributed by atoms with Gasteiger partial charge in [-0.3, -0.25) is 0 Å². The highest BCUT2D eigenvalue weighted by Crippen LogP contribution is 2.79. The summed E-state index contributed by atoms with van der Waals surface area (Å²) in [5.41, 5.74) is 1.50. The fourth-order valence-corrected chi connectivity index (χ4v) is 13.6. The number of ether oxygens (including phenoxy) is 16. The average molecular weight is 1020 g/mol. The van der Waals surface area contributed by atoms with Gasteiger partial charge >= 0.3 is 0 Å². The molecule has 0 radical (unpaired) electrons. The Balaban J connectivity index is 1.00. The average Bonchev–Trinajstić information content (AvgIpc) is 4.25. The van der Waals surface area contributed by atoms with Crippen molar-refractivity contribution in [2.45, 2.75) is 109 Å². The Morgan fingerprint density at radius 2 is 0.392 bits per heavy atom. The highest BCUT2D eigenvalue weighted by atomic mass is 16.6. The minimum absolute atomic E-state index is 0.0200. The second-order valence-electron chi connectivity index (χ2n) is 22.8. The summed E-state index contributed by atoms with van der Waals surface area (Å²) in [6, 6.07) is 25.2. The van der Waals surface area contributed by atoms with Crippen molar-refractivity contribution in [3.63, 3.8) is 0 Å². The zero-order chi connectivity index (χ0) is 48.9. The van der Waals surface area contributed by atoms with E-state index >= 15 is 0 Å². The van der Waals surface area contributed by atoms with Crippen molar-refractivity contribution >= 4 is 0 Å². The lowest BCUT2D eigenvalue weighted by molar-refractivity contribution is -0.0750. The van der Waals surface area contributed by atoms with Crippen LogP contribution in [0.1, 0.15) is 60.8 Å². The van der Waals surface area contributed by atoms with Crippen molar-refractivity contribution < 1.29 is 75.8 Å². The van der Waals surface area contributed by atoms with Gasteiger partial charge in [0.2, 0.25) is 0 Å². The van der Waals surface area contributed by atoms with Crippen LogP contribution in [-0.4, -0.2) is 155 Å². The van der Waals surface area contributed by atoms with Gasteiger partial charge in [-0.2, -0.15) is 0 Å². The summed E-state index contributed by atoms with van der Waals surface area (Å²) in [7, 11) is 0. The zero-order valence-corrected chi connectivity index (χ0v) is 41.6. The molecule has 16 heteroatoms. The van der Waals surface area contributed by atoms with Crippen LogP contribution in [0, 0.1) is 0 Å². The molecule has 4 aromatic rings. The Bertz CT molecular complexity index is 2190. The van der Waals surface area contributed by atoms with Crippen LogP contribution >= 0.6 is 0 Å². The van der Waals surface area contributed by atoms with E-state index in [0.717, 1.165) is 68.2 Å². The predicted molar refractivity (Wildman–Crippen MR) is 262 cm³/mol. The Morgan fingerprint density at radius 1 is 0.257 bits per heavy atom. The Morgan fingerprint density at radius 3 is 0.514 bits per heavy atom. The van der Waals surface area contributed by atoms with E-state index in [2.05, 4.69) is 72.8 Å². The van der Waals surface area contributed by atoms with Gasteiger partial charge in [0.15, 0.2) is 0 Å². The fourth-order valence-electron chi connectivity index (χ4n) is 13.6. The third kappa shape index (κ3) is 9.52. The van der Waals surface area contributed by atoms with Crippen molar-refractivity contribution in [3.8, 4) is 46.0 Å². The first kappa shape index (κ1) is 46.3. The molecule has 0 amide bonds. The van der Waals surface area contributed by atoms with Gasteiger partial charge in [-0.15, -0.1) is 0 Å². The molecule has 8 heterocycles. The van der Waals surface area contributed by atoms with Gasteiger partial charge in [0.1, 0.15) is 148 Å². The summed E-state index contributed by atoms with van der Waals surface area (Å²) in [5, 5.41) is 0. The summed E-state index contributed by atoms with van der Waals surface area (Å²) in [6.07, 6.45) is 4.45. The second kappa shape index (κ2) is 18.3. The summed E-state index contributed by atoms with van der Waals surface area (Å²) < 4.78 is 103. The van der Waals surface area contributed by atoms with E-state index in [9.17, 15) is 0 Å². The van der Waals surface area contributed by atoms with Gasteiger partial charge in [-0.25, -0.2) is 0 Å². The number of epoxide rings is 8. The fraction of sp³-hybridized carbons (Fsp3) is 0.586. The molecular formula is C58H64O16.